The zero-order valence-corrected chi connectivity index (χ0v) is 20.1. The summed E-state index contributed by atoms with van der Waals surface area (Å²) in [5.41, 5.74) is 3.82. The fourth-order valence-electron chi connectivity index (χ4n) is 4.29. The minimum Gasteiger partial charge on any atom is -0.373 e. The molecule has 0 radical (unpaired) electrons. The van der Waals surface area contributed by atoms with Gasteiger partial charge in [0.2, 0.25) is 0 Å². The number of halogens is 1. The van der Waals surface area contributed by atoms with Crippen LogP contribution in [-0.4, -0.2) is 56.1 Å². The van der Waals surface area contributed by atoms with Gasteiger partial charge in [0.05, 0.1) is 28.0 Å². The first-order chi connectivity index (χ1) is 16.0. The van der Waals surface area contributed by atoms with Gasteiger partial charge in [0.25, 0.3) is 0 Å². The summed E-state index contributed by atoms with van der Waals surface area (Å²) in [6.07, 6.45) is 2.57. The number of piperidine rings is 1. The summed E-state index contributed by atoms with van der Waals surface area (Å²) in [4.78, 5) is 21.0. The number of anilines is 1. The molecule has 3 N–H and O–H groups in total. The van der Waals surface area contributed by atoms with Gasteiger partial charge in [-0.2, -0.15) is 0 Å². The number of fused-ring (bicyclic) bond motifs is 2. The summed E-state index contributed by atoms with van der Waals surface area (Å²) < 4.78 is 0. The predicted molar refractivity (Wildman–Crippen MR) is 133 cm³/mol. The van der Waals surface area contributed by atoms with E-state index in [9.17, 15) is 5.11 Å². The summed E-state index contributed by atoms with van der Waals surface area (Å²) in [5.74, 6) is 0.660. The van der Waals surface area contributed by atoms with Gasteiger partial charge in [0.15, 0.2) is 5.82 Å². The fraction of sp³-hybridized carbons (Fsp3) is 0.391. The molecule has 0 spiro atoms. The number of nitrogens with one attached hydrogen (secondary N) is 2. The van der Waals surface area contributed by atoms with Gasteiger partial charge in [0, 0.05) is 11.4 Å². The van der Waals surface area contributed by atoms with Gasteiger partial charge in [0.1, 0.15) is 22.9 Å². The van der Waals surface area contributed by atoms with Crippen molar-refractivity contribution >= 4 is 49.9 Å². The first-order valence-electron chi connectivity index (χ1n) is 11.0. The molecule has 33 heavy (non-hydrogen) atoms. The molecule has 8 nitrogen and oxygen atoms in total. The molecule has 1 aliphatic heterocycles. The normalized spacial score (nSPS) is 17.5. The Morgan fingerprint density at radius 1 is 1.21 bits per heavy atom. The van der Waals surface area contributed by atoms with Gasteiger partial charge in [-0.1, -0.05) is 23.7 Å². The Kier molecular flexibility index (Phi) is 6.40. The standard InChI is InChI=1S/C23H26ClN7OS/c1-13(28-21-20-23(26-11-25-21)33-12-27-20)17-10-14-4-3-5-16(24)18(14)19(30-17)22(32)29-15-6-8-31(2)9-7-15/h3-5,10-13,15,22,29,32H,6-9H2,1-2H3,(H,25,26,28). The van der Waals surface area contributed by atoms with Gasteiger partial charge in [-0.15, -0.1) is 11.3 Å². The summed E-state index contributed by atoms with van der Waals surface area (Å²) >= 11 is 8.03. The molecule has 0 aliphatic carbocycles. The maximum absolute atomic E-state index is 11.2. The number of thiazole rings is 1. The number of benzene rings is 1. The third kappa shape index (κ3) is 4.64. The second-order valence-corrected chi connectivity index (χ2v) is 9.75. The second-order valence-electron chi connectivity index (χ2n) is 8.51. The van der Waals surface area contributed by atoms with E-state index in [1.165, 1.54) is 17.7 Å². The SMILES string of the molecule is CC(Nc1ncnc2scnc12)c1cc2cccc(Cl)c2c(C(O)NC2CCN(C)CC2)n1. The average molecular weight is 484 g/mol. The summed E-state index contributed by atoms with van der Waals surface area (Å²) in [5, 5.41) is 20.2. The van der Waals surface area contributed by atoms with Crippen molar-refractivity contribution in [2.75, 3.05) is 25.5 Å². The number of aliphatic hydroxyl groups is 1. The molecule has 1 aromatic carbocycles. The van der Waals surface area contributed by atoms with Crippen LogP contribution in [0.3, 0.4) is 0 Å². The number of nitrogens with zero attached hydrogens (tertiary/aromatic N) is 5. The zero-order valence-electron chi connectivity index (χ0n) is 18.5. The Labute approximate surface area is 201 Å². The summed E-state index contributed by atoms with van der Waals surface area (Å²) in [7, 11) is 2.12. The Morgan fingerprint density at radius 2 is 2.03 bits per heavy atom. The van der Waals surface area contributed by atoms with Crippen LogP contribution >= 0.6 is 22.9 Å². The monoisotopic (exact) mass is 483 g/mol. The minimum absolute atomic E-state index is 0.178. The molecule has 172 valence electrons. The van der Waals surface area contributed by atoms with Crippen molar-refractivity contribution in [3.8, 4) is 0 Å². The van der Waals surface area contributed by atoms with E-state index in [4.69, 9.17) is 16.6 Å². The van der Waals surface area contributed by atoms with E-state index in [1.807, 2.05) is 31.2 Å². The van der Waals surface area contributed by atoms with Crippen LogP contribution in [0.15, 0.2) is 36.1 Å². The predicted octanol–water partition coefficient (Wildman–Crippen LogP) is 4.14. The van der Waals surface area contributed by atoms with Gasteiger partial charge < -0.3 is 15.3 Å². The Morgan fingerprint density at radius 3 is 2.85 bits per heavy atom. The number of hydrogen-bond donors (Lipinski definition) is 3. The highest BCUT2D eigenvalue weighted by Gasteiger charge is 2.24. The number of pyridine rings is 1. The first-order valence-corrected chi connectivity index (χ1v) is 12.3. The highest BCUT2D eigenvalue weighted by atomic mass is 35.5. The summed E-state index contributed by atoms with van der Waals surface area (Å²) in [6, 6.07) is 7.80. The van der Waals surface area contributed by atoms with Crippen LogP contribution in [0.5, 0.6) is 0 Å². The molecule has 0 saturated carbocycles. The Bertz CT molecular complexity index is 1270. The molecule has 1 fully saturated rings. The maximum Gasteiger partial charge on any atom is 0.157 e. The van der Waals surface area contributed by atoms with Gasteiger partial charge in [-0.3, -0.25) is 10.3 Å². The van der Waals surface area contributed by atoms with Crippen molar-refractivity contribution in [1.82, 2.24) is 30.2 Å². The quantitative estimate of drug-likeness (QED) is 0.352. The fourth-order valence-corrected chi connectivity index (χ4v) is 5.20. The van der Waals surface area contributed by atoms with Crippen molar-refractivity contribution in [3.05, 3.63) is 52.5 Å². The number of rotatable bonds is 6. The van der Waals surface area contributed by atoms with Crippen molar-refractivity contribution in [2.45, 2.75) is 38.1 Å². The highest BCUT2D eigenvalue weighted by Crippen LogP contribution is 2.32. The Balaban J connectivity index is 1.47. The van der Waals surface area contributed by atoms with Crippen LogP contribution in [0.25, 0.3) is 21.1 Å². The van der Waals surface area contributed by atoms with Gasteiger partial charge >= 0.3 is 0 Å². The van der Waals surface area contributed by atoms with Crippen LogP contribution in [-0.2, 0) is 0 Å². The zero-order chi connectivity index (χ0) is 22.9. The molecule has 1 aliphatic rings. The molecule has 0 bridgehead atoms. The van der Waals surface area contributed by atoms with Gasteiger partial charge in [-0.25, -0.2) is 15.0 Å². The molecule has 3 aromatic heterocycles. The van der Waals surface area contributed by atoms with E-state index < -0.39 is 6.23 Å². The van der Waals surface area contributed by atoms with E-state index in [0.29, 0.717) is 16.5 Å². The Hall–Kier alpha value is -2.43. The number of aliphatic hydroxyl groups excluding tert-OH is 1. The average Bonchev–Trinajstić information content (AvgIpc) is 3.30. The van der Waals surface area contributed by atoms with E-state index in [2.05, 4.69) is 37.5 Å². The van der Waals surface area contributed by atoms with E-state index in [1.54, 1.807) is 5.51 Å². The van der Waals surface area contributed by atoms with Crippen molar-refractivity contribution in [3.63, 3.8) is 0 Å². The van der Waals surface area contributed by atoms with E-state index in [-0.39, 0.29) is 12.1 Å². The molecule has 0 amide bonds. The van der Waals surface area contributed by atoms with Crippen LogP contribution in [0.2, 0.25) is 5.02 Å². The molecule has 4 heterocycles. The lowest BCUT2D eigenvalue weighted by molar-refractivity contribution is 0.101. The molecule has 5 rings (SSSR count). The number of aromatic nitrogens is 4. The molecule has 10 heteroatoms. The lowest BCUT2D eigenvalue weighted by Gasteiger charge is -2.31. The lowest BCUT2D eigenvalue weighted by atomic mass is 10.0. The highest BCUT2D eigenvalue weighted by molar-refractivity contribution is 7.16. The van der Waals surface area contributed by atoms with E-state index >= 15 is 0 Å². The van der Waals surface area contributed by atoms with Crippen molar-refractivity contribution in [2.24, 2.45) is 0 Å². The molecular formula is C23H26ClN7OS. The third-order valence-corrected chi connectivity index (χ3v) is 7.21. The van der Waals surface area contributed by atoms with Crippen LogP contribution in [0.1, 0.15) is 43.4 Å². The maximum atomic E-state index is 11.2. The van der Waals surface area contributed by atoms with Crippen LogP contribution < -0.4 is 10.6 Å². The first kappa shape index (κ1) is 22.4. The van der Waals surface area contributed by atoms with Crippen LogP contribution in [0, 0.1) is 0 Å². The van der Waals surface area contributed by atoms with Gasteiger partial charge in [-0.05, 0) is 57.4 Å². The van der Waals surface area contributed by atoms with Crippen molar-refractivity contribution < 1.29 is 5.11 Å². The smallest absolute Gasteiger partial charge is 0.157 e. The van der Waals surface area contributed by atoms with Crippen molar-refractivity contribution in [1.29, 1.82) is 0 Å². The molecular weight excluding hydrogens is 458 g/mol. The third-order valence-electron chi connectivity index (χ3n) is 6.16. The largest absolute Gasteiger partial charge is 0.373 e. The minimum atomic E-state index is -0.919. The molecule has 2 unspecified atom stereocenters. The number of hydrogen-bond acceptors (Lipinski definition) is 9. The van der Waals surface area contributed by atoms with E-state index in [0.717, 1.165) is 52.7 Å². The summed E-state index contributed by atoms with van der Waals surface area (Å²) in [6.45, 7) is 4.02. The molecule has 4 aromatic rings. The number of likely N-dealkylation sites (tertiary alicyclic amines) is 1. The lowest BCUT2D eigenvalue weighted by Crippen LogP contribution is -2.42. The molecule has 1 saturated heterocycles. The molecule has 2 atom stereocenters. The second kappa shape index (κ2) is 9.44. The van der Waals surface area contributed by atoms with Crippen LogP contribution in [0.4, 0.5) is 5.82 Å². The topological polar surface area (TPSA) is 99.1 Å².